The first-order valence-corrected chi connectivity index (χ1v) is 10.0. The second-order valence-corrected chi connectivity index (χ2v) is 7.33. The van der Waals surface area contributed by atoms with Crippen molar-refractivity contribution in [3.8, 4) is 5.75 Å². The van der Waals surface area contributed by atoms with Gasteiger partial charge < -0.3 is 19.4 Å². The molecule has 1 aromatic carbocycles. The van der Waals surface area contributed by atoms with Crippen LogP contribution in [0.5, 0.6) is 5.75 Å². The van der Waals surface area contributed by atoms with Crippen molar-refractivity contribution in [2.75, 3.05) is 55.7 Å². The van der Waals surface area contributed by atoms with E-state index in [9.17, 15) is 4.79 Å². The van der Waals surface area contributed by atoms with Crippen LogP contribution in [0.2, 0.25) is 0 Å². The monoisotopic (exact) mass is 381 g/mol. The minimum absolute atomic E-state index is 0.0279. The number of carbonyl (C=O) groups excluding carboxylic acids is 1. The minimum atomic E-state index is 0.0279. The van der Waals surface area contributed by atoms with E-state index in [0.717, 1.165) is 49.4 Å². The number of hydrogen-bond acceptors (Lipinski definition) is 6. The van der Waals surface area contributed by atoms with Crippen LogP contribution in [-0.4, -0.2) is 66.7 Å². The summed E-state index contributed by atoms with van der Waals surface area (Å²) in [5, 5.41) is 0. The van der Waals surface area contributed by atoms with E-state index in [1.807, 2.05) is 48.2 Å². The Morgan fingerprint density at radius 3 is 2.39 bits per heavy atom. The van der Waals surface area contributed by atoms with Crippen molar-refractivity contribution in [3.63, 3.8) is 0 Å². The first-order valence-electron chi connectivity index (χ1n) is 10.0. The van der Waals surface area contributed by atoms with E-state index in [-0.39, 0.29) is 12.5 Å². The van der Waals surface area contributed by atoms with Crippen LogP contribution < -0.4 is 14.5 Å². The summed E-state index contributed by atoms with van der Waals surface area (Å²) in [4.78, 5) is 28.2. The molecule has 2 aromatic rings. The van der Waals surface area contributed by atoms with Gasteiger partial charge in [0.25, 0.3) is 5.91 Å². The number of nitrogens with zero attached hydrogens (tertiary/aromatic N) is 5. The lowest BCUT2D eigenvalue weighted by Crippen LogP contribution is -2.50. The maximum atomic E-state index is 12.4. The van der Waals surface area contributed by atoms with Crippen molar-refractivity contribution in [3.05, 3.63) is 42.1 Å². The van der Waals surface area contributed by atoms with E-state index in [2.05, 4.69) is 14.8 Å². The highest BCUT2D eigenvalue weighted by Crippen LogP contribution is 2.21. The molecular formula is C21H27N5O2. The zero-order valence-electron chi connectivity index (χ0n) is 16.4. The van der Waals surface area contributed by atoms with Crippen LogP contribution >= 0.6 is 0 Å². The van der Waals surface area contributed by atoms with Gasteiger partial charge in [-0.1, -0.05) is 18.2 Å². The number of carbonyl (C=O) groups is 1. The van der Waals surface area contributed by atoms with Gasteiger partial charge in [-0.25, -0.2) is 4.98 Å². The van der Waals surface area contributed by atoms with Crippen molar-refractivity contribution in [2.24, 2.45) is 0 Å². The molecule has 0 saturated carbocycles. The van der Waals surface area contributed by atoms with Crippen molar-refractivity contribution in [1.82, 2.24) is 14.9 Å². The molecule has 0 spiro atoms. The summed E-state index contributed by atoms with van der Waals surface area (Å²) < 4.78 is 5.59. The van der Waals surface area contributed by atoms with Gasteiger partial charge >= 0.3 is 0 Å². The van der Waals surface area contributed by atoms with Crippen LogP contribution in [0.25, 0.3) is 0 Å². The van der Waals surface area contributed by atoms with E-state index in [0.29, 0.717) is 13.1 Å². The van der Waals surface area contributed by atoms with E-state index in [1.165, 1.54) is 12.8 Å². The largest absolute Gasteiger partial charge is 0.484 e. The maximum absolute atomic E-state index is 12.4. The summed E-state index contributed by atoms with van der Waals surface area (Å²) in [5.41, 5.74) is 0.988. The van der Waals surface area contributed by atoms with Crippen LogP contribution in [0, 0.1) is 6.92 Å². The Morgan fingerprint density at radius 1 is 0.964 bits per heavy atom. The molecule has 0 bridgehead atoms. The minimum Gasteiger partial charge on any atom is -0.484 e. The Balaban J connectivity index is 1.33. The lowest BCUT2D eigenvalue weighted by Gasteiger charge is -2.35. The second-order valence-electron chi connectivity index (χ2n) is 7.33. The van der Waals surface area contributed by atoms with Gasteiger partial charge in [-0.2, -0.15) is 4.98 Å². The Hall–Kier alpha value is -2.83. The molecule has 3 heterocycles. The fourth-order valence-electron chi connectivity index (χ4n) is 3.70. The number of aryl methyl sites for hydroxylation is 1. The van der Waals surface area contributed by atoms with Crippen LogP contribution in [0.4, 0.5) is 11.8 Å². The fraction of sp³-hybridized carbons (Fsp3) is 0.476. The number of piperazine rings is 1. The van der Waals surface area contributed by atoms with Crippen molar-refractivity contribution in [2.45, 2.75) is 19.8 Å². The number of rotatable bonds is 5. The molecule has 2 aliphatic heterocycles. The smallest absolute Gasteiger partial charge is 0.260 e. The van der Waals surface area contributed by atoms with E-state index in [1.54, 1.807) is 0 Å². The number of amides is 1. The quantitative estimate of drug-likeness (QED) is 0.791. The molecule has 0 radical (unpaired) electrons. The summed E-state index contributed by atoms with van der Waals surface area (Å²) >= 11 is 0. The van der Waals surface area contributed by atoms with Gasteiger partial charge in [0.05, 0.1) is 0 Å². The third kappa shape index (κ3) is 4.35. The maximum Gasteiger partial charge on any atom is 0.260 e. The molecule has 2 saturated heterocycles. The third-order valence-electron chi connectivity index (χ3n) is 5.28. The van der Waals surface area contributed by atoms with Crippen LogP contribution in [0.15, 0.2) is 36.4 Å². The van der Waals surface area contributed by atoms with Crippen LogP contribution in [0.3, 0.4) is 0 Å². The second kappa shape index (κ2) is 8.46. The molecule has 1 amide bonds. The number of hydrogen-bond donors (Lipinski definition) is 0. The molecule has 7 nitrogen and oxygen atoms in total. The average molecular weight is 381 g/mol. The Bertz CT molecular complexity index is 800. The standard InChI is InChI=1S/C21H27N5O2/c1-17-15-19(23-21(22-17)26-9-5-6-10-26)24-11-13-25(14-12-24)20(27)16-28-18-7-3-2-4-8-18/h2-4,7-8,15H,5-6,9-14,16H2,1H3. The number of para-hydroxylation sites is 1. The molecule has 0 aliphatic carbocycles. The molecule has 4 rings (SSSR count). The average Bonchev–Trinajstić information content (AvgIpc) is 3.27. The highest BCUT2D eigenvalue weighted by Gasteiger charge is 2.24. The highest BCUT2D eigenvalue weighted by molar-refractivity contribution is 5.78. The molecule has 28 heavy (non-hydrogen) atoms. The lowest BCUT2D eigenvalue weighted by molar-refractivity contribution is -0.133. The van der Waals surface area contributed by atoms with E-state index >= 15 is 0 Å². The lowest BCUT2D eigenvalue weighted by atomic mass is 10.3. The summed E-state index contributed by atoms with van der Waals surface area (Å²) in [7, 11) is 0. The van der Waals surface area contributed by atoms with Gasteiger partial charge in [0, 0.05) is 51.0 Å². The van der Waals surface area contributed by atoms with Crippen molar-refractivity contribution >= 4 is 17.7 Å². The summed E-state index contributed by atoms with van der Waals surface area (Å²) in [6.45, 7) is 7.07. The molecule has 0 atom stereocenters. The van der Waals surface area contributed by atoms with Gasteiger partial charge in [0.2, 0.25) is 5.95 Å². The fourth-order valence-corrected chi connectivity index (χ4v) is 3.70. The van der Waals surface area contributed by atoms with Crippen LogP contribution in [-0.2, 0) is 4.79 Å². The first-order chi connectivity index (χ1) is 13.7. The Morgan fingerprint density at radius 2 is 1.68 bits per heavy atom. The van der Waals surface area contributed by atoms with Gasteiger partial charge in [-0.15, -0.1) is 0 Å². The van der Waals surface area contributed by atoms with Crippen molar-refractivity contribution < 1.29 is 9.53 Å². The molecular weight excluding hydrogens is 354 g/mol. The molecule has 148 valence electrons. The Labute approximate surface area is 165 Å². The third-order valence-corrected chi connectivity index (χ3v) is 5.28. The molecule has 2 aliphatic rings. The summed E-state index contributed by atoms with van der Waals surface area (Å²) in [6, 6.07) is 11.5. The predicted octanol–water partition coefficient (Wildman–Crippen LogP) is 2.11. The molecule has 2 fully saturated rings. The van der Waals surface area contributed by atoms with Crippen molar-refractivity contribution in [1.29, 1.82) is 0 Å². The molecule has 0 N–H and O–H groups in total. The van der Waals surface area contributed by atoms with Gasteiger partial charge in [0.15, 0.2) is 6.61 Å². The zero-order valence-corrected chi connectivity index (χ0v) is 16.4. The first kappa shape index (κ1) is 18.5. The summed E-state index contributed by atoms with van der Waals surface area (Å²) in [5.74, 6) is 2.55. The number of aromatic nitrogens is 2. The number of ether oxygens (including phenoxy) is 1. The molecule has 0 unspecified atom stereocenters. The topological polar surface area (TPSA) is 61.8 Å². The SMILES string of the molecule is Cc1cc(N2CCN(C(=O)COc3ccccc3)CC2)nc(N2CCCC2)n1. The van der Waals surface area contributed by atoms with E-state index < -0.39 is 0 Å². The van der Waals surface area contributed by atoms with Crippen LogP contribution in [0.1, 0.15) is 18.5 Å². The number of anilines is 2. The summed E-state index contributed by atoms with van der Waals surface area (Å²) in [6.07, 6.45) is 2.41. The highest BCUT2D eigenvalue weighted by atomic mass is 16.5. The number of benzene rings is 1. The molecule has 7 heteroatoms. The predicted molar refractivity (Wildman–Crippen MR) is 109 cm³/mol. The van der Waals surface area contributed by atoms with Gasteiger partial charge in [-0.3, -0.25) is 4.79 Å². The van der Waals surface area contributed by atoms with Gasteiger partial charge in [0.1, 0.15) is 11.6 Å². The van der Waals surface area contributed by atoms with Gasteiger partial charge in [-0.05, 0) is 31.9 Å². The van der Waals surface area contributed by atoms with E-state index in [4.69, 9.17) is 9.72 Å². The normalized spacial score (nSPS) is 17.1. The Kier molecular flexibility index (Phi) is 5.60. The zero-order chi connectivity index (χ0) is 19.3. The molecule has 1 aromatic heterocycles.